The SMILES string of the molecule is CC(C)(C)C(O)C1(CN)CC2CCC1O2. The lowest BCUT2D eigenvalue weighted by molar-refractivity contribution is -0.0789. The molecular formula is C12H23NO2. The summed E-state index contributed by atoms with van der Waals surface area (Å²) in [6.45, 7) is 6.75. The summed E-state index contributed by atoms with van der Waals surface area (Å²) in [5, 5.41) is 10.5. The summed E-state index contributed by atoms with van der Waals surface area (Å²) >= 11 is 0. The third kappa shape index (κ3) is 1.61. The van der Waals surface area contributed by atoms with E-state index in [1.165, 1.54) is 0 Å². The molecule has 2 bridgehead atoms. The van der Waals surface area contributed by atoms with Gasteiger partial charge in [0.2, 0.25) is 0 Å². The van der Waals surface area contributed by atoms with Gasteiger partial charge in [-0.15, -0.1) is 0 Å². The highest BCUT2D eigenvalue weighted by atomic mass is 16.5. The summed E-state index contributed by atoms with van der Waals surface area (Å²) in [7, 11) is 0. The van der Waals surface area contributed by atoms with Crippen molar-refractivity contribution >= 4 is 0 Å². The van der Waals surface area contributed by atoms with Gasteiger partial charge in [0.15, 0.2) is 0 Å². The molecule has 0 aliphatic carbocycles. The Kier molecular flexibility index (Phi) is 2.61. The van der Waals surface area contributed by atoms with E-state index >= 15 is 0 Å². The smallest absolute Gasteiger partial charge is 0.0682 e. The lowest BCUT2D eigenvalue weighted by Crippen LogP contribution is -2.53. The Hall–Kier alpha value is -0.120. The van der Waals surface area contributed by atoms with E-state index in [4.69, 9.17) is 10.5 Å². The minimum Gasteiger partial charge on any atom is -0.392 e. The van der Waals surface area contributed by atoms with Crippen molar-refractivity contribution in [2.24, 2.45) is 16.6 Å². The van der Waals surface area contributed by atoms with Crippen molar-refractivity contribution in [3.05, 3.63) is 0 Å². The monoisotopic (exact) mass is 213 g/mol. The van der Waals surface area contributed by atoms with Crippen LogP contribution in [0.2, 0.25) is 0 Å². The van der Waals surface area contributed by atoms with E-state index in [-0.39, 0.29) is 23.0 Å². The second-order valence-corrected chi connectivity index (χ2v) is 6.23. The number of aliphatic hydroxyl groups is 1. The van der Waals surface area contributed by atoms with Gasteiger partial charge in [-0.3, -0.25) is 0 Å². The van der Waals surface area contributed by atoms with Crippen LogP contribution in [-0.4, -0.2) is 30.0 Å². The Morgan fingerprint density at radius 1 is 1.47 bits per heavy atom. The maximum absolute atomic E-state index is 10.5. The van der Waals surface area contributed by atoms with Crippen LogP contribution in [0.4, 0.5) is 0 Å². The average molecular weight is 213 g/mol. The summed E-state index contributed by atoms with van der Waals surface area (Å²) < 4.78 is 5.86. The molecule has 2 heterocycles. The summed E-state index contributed by atoms with van der Waals surface area (Å²) in [5.74, 6) is 0. The highest BCUT2D eigenvalue weighted by Crippen LogP contribution is 2.52. The molecule has 4 unspecified atom stereocenters. The van der Waals surface area contributed by atoms with Crippen molar-refractivity contribution in [2.45, 2.75) is 58.3 Å². The summed E-state index contributed by atoms with van der Waals surface area (Å²) in [6.07, 6.45) is 3.30. The van der Waals surface area contributed by atoms with Gasteiger partial charge in [0.1, 0.15) is 0 Å². The van der Waals surface area contributed by atoms with Crippen molar-refractivity contribution in [3.63, 3.8) is 0 Å². The van der Waals surface area contributed by atoms with Gasteiger partial charge in [0, 0.05) is 12.0 Å². The van der Waals surface area contributed by atoms with E-state index in [0.717, 1.165) is 19.3 Å². The van der Waals surface area contributed by atoms with Crippen molar-refractivity contribution in [2.75, 3.05) is 6.54 Å². The first-order valence-electron chi connectivity index (χ1n) is 5.94. The van der Waals surface area contributed by atoms with Gasteiger partial charge in [0.05, 0.1) is 18.3 Å². The van der Waals surface area contributed by atoms with Gasteiger partial charge >= 0.3 is 0 Å². The molecule has 3 nitrogen and oxygen atoms in total. The maximum atomic E-state index is 10.5. The Labute approximate surface area is 92.0 Å². The Morgan fingerprint density at radius 3 is 2.47 bits per heavy atom. The van der Waals surface area contributed by atoms with E-state index in [9.17, 15) is 5.11 Å². The lowest BCUT2D eigenvalue weighted by Gasteiger charge is -2.44. The fraction of sp³-hybridized carbons (Fsp3) is 1.00. The molecule has 3 heteroatoms. The van der Waals surface area contributed by atoms with Crippen LogP contribution < -0.4 is 5.73 Å². The van der Waals surface area contributed by atoms with Gasteiger partial charge in [-0.25, -0.2) is 0 Å². The van der Waals surface area contributed by atoms with E-state index in [2.05, 4.69) is 20.8 Å². The summed E-state index contributed by atoms with van der Waals surface area (Å²) in [5.41, 5.74) is 5.60. The molecule has 88 valence electrons. The number of rotatable bonds is 2. The Bertz CT molecular complexity index is 248. The molecule has 3 N–H and O–H groups in total. The molecule has 2 rings (SSSR count). The molecule has 0 amide bonds. The quantitative estimate of drug-likeness (QED) is 0.726. The third-order valence-electron chi connectivity index (χ3n) is 4.10. The molecule has 0 aromatic carbocycles. The van der Waals surface area contributed by atoms with Crippen LogP contribution in [0.25, 0.3) is 0 Å². The molecule has 4 atom stereocenters. The molecule has 0 saturated carbocycles. The summed E-state index contributed by atoms with van der Waals surface area (Å²) in [6, 6.07) is 0. The molecule has 2 fully saturated rings. The van der Waals surface area contributed by atoms with Crippen molar-refractivity contribution in [3.8, 4) is 0 Å². The number of hydrogen-bond donors (Lipinski definition) is 2. The molecule has 2 aliphatic heterocycles. The van der Waals surface area contributed by atoms with Gasteiger partial charge in [0.25, 0.3) is 0 Å². The normalized spacial score (nSPS) is 42.2. The van der Waals surface area contributed by atoms with Crippen LogP contribution in [0.15, 0.2) is 0 Å². The Balaban J connectivity index is 2.23. The predicted molar refractivity (Wildman–Crippen MR) is 59.5 cm³/mol. The van der Waals surface area contributed by atoms with Crippen molar-refractivity contribution in [1.29, 1.82) is 0 Å². The molecule has 2 aliphatic rings. The zero-order valence-corrected chi connectivity index (χ0v) is 9.99. The first-order valence-corrected chi connectivity index (χ1v) is 5.94. The molecule has 0 aromatic rings. The largest absolute Gasteiger partial charge is 0.392 e. The zero-order valence-electron chi connectivity index (χ0n) is 9.99. The van der Waals surface area contributed by atoms with E-state index in [1.807, 2.05) is 0 Å². The first-order chi connectivity index (χ1) is 6.90. The van der Waals surface area contributed by atoms with Crippen LogP contribution in [-0.2, 0) is 4.74 Å². The topological polar surface area (TPSA) is 55.5 Å². The molecule has 2 saturated heterocycles. The van der Waals surface area contributed by atoms with Crippen LogP contribution in [0.3, 0.4) is 0 Å². The minimum absolute atomic E-state index is 0.118. The number of ether oxygens (including phenoxy) is 1. The molecule has 0 aromatic heterocycles. The number of hydrogen-bond acceptors (Lipinski definition) is 3. The number of aliphatic hydroxyl groups excluding tert-OH is 1. The van der Waals surface area contributed by atoms with Gasteiger partial charge in [-0.1, -0.05) is 20.8 Å². The second-order valence-electron chi connectivity index (χ2n) is 6.23. The van der Waals surface area contributed by atoms with Crippen LogP contribution in [0.1, 0.15) is 40.0 Å². The van der Waals surface area contributed by atoms with E-state index in [0.29, 0.717) is 12.6 Å². The third-order valence-corrected chi connectivity index (χ3v) is 4.10. The molecule has 15 heavy (non-hydrogen) atoms. The van der Waals surface area contributed by atoms with Crippen molar-refractivity contribution in [1.82, 2.24) is 0 Å². The number of fused-ring (bicyclic) bond motifs is 2. The highest BCUT2D eigenvalue weighted by Gasteiger charge is 2.57. The fourth-order valence-electron chi connectivity index (χ4n) is 3.31. The standard InChI is InChI=1S/C12H23NO2/c1-11(2,3)10(14)12(7-13)6-8-4-5-9(12)15-8/h8-10,14H,4-7,13H2,1-3H3. The van der Waals surface area contributed by atoms with Gasteiger partial charge < -0.3 is 15.6 Å². The maximum Gasteiger partial charge on any atom is 0.0682 e. The second kappa shape index (κ2) is 3.44. The van der Waals surface area contributed by atoms with Crippen LogP contribution in [0.5, 0.6) is 0 Å². The molecule has 0 spiro atoms. The minimum atomic E-state index is -0.370. The summed E-state index contributed by atoms with van der Waals surface area (Å²) in [4.78, 5) is 0. The molecular weight excluding hydrogens is 190 g/mol. The highest BCUT2D eigenvalue weighted by molar-refractivity contribution is 5.07. The van der Waals surface area contributed by atoms with Gasteiger partial charge in [-0.2, -0.15) is 0 Å². The predicted octanol–water partition coefficient (Wildman–Crippen LogP) is 1.29. The first kappa shape index (κ1) is 11.4. The number of nitrogens with two attached hydrogens (primary N) is 1. The lowest BCUT2D eigenvalue weighted by atomic mass is 9.63. The zero-order chi connectivity index (χ0) is 11.3. The van der Waals surface area contributed by atoms with Gasteiger partial charge in [-0.05, 0) is 24.7 Å². The fourth-order valence-corrected chi connectivity index (χ4v) is 3.31. The van der Waals surface area contributed by atoms with Crippen LogP contribution >= 0.6 is 0 Å². The van der Waals surface area contributed by atoms with E-state index < -0.39 is 0 Å². The Morgan fingerprint density at radius 2 is 2.13 bits per heavy atom. The average Bonchev–Trinajstić information content (AvgIpc) is 2.74. The van der Waals surface area contributed by atoms with Crippen LogP contribution in [0, 0.1) is 10.8 Å². The van der Waals surface area contributed by atoms with Crippen molar-refractivity contribution < 1.29 is 9.84 Å². The molecule has 0 radical (unpaired) electrons. The van der Waals surface area contributed by atoms with E-state index in [1.54, 1.807) is 0 Å².